The van der Waals surface area contributed by atoms with Crippen molar-refractivity contribution in [3.8, 4) is 0 Å². The number of hydrogen-bond donors (Lipinski definition) is 0. The first-order valence-corrected chi connectivity index (χ1v) is 8.62. The summed E-state index contributed by atoms with van der Waals surface area (Å²) in [5.74, 6) is 0.212. The Labute approximate surface area is 134 Å². The molecule has 1 saturated carbocycles. The van der Waals surface area contributed by atoms with Gasteiger partial charge in [0.1, 0.15) is 11.7 Å². The summed E-state index contributed by atoms with van der Waals surface area (Å²) in [7, 11) is 0. The number of carbonyl (C=O) groups is 2. The van der Waals surface area contributed by atoms with Crippen molar-refractivity contribution in [1.29, 1.82) is 0 Å². The molecule has 1 aliphatic carbocycles. The van der Waals surface area contributed by atoms with Crippen LogP contribution in [0.2, 0.25) is 0 Å². The molecule has 0 aliphatic heterocycles. The molecule has 128 valence electrons. The Bertz CT molecular complexity index is 370. The van der Waals surface area contributed by atoms with E-state index < -0.39 is 5.60 Å². The molecule has 0 N–H and O–H groups in total. The predicted octanol–water partition coefficient (Wildman–Crippen LogP) is 4.26. The van der Waals surface area contributed by atoms with Crippen LogP contribution >= 0.6 is 0 Å². The molecule has 3 unspecified atom stereocenters. The van der Waals surface area contributed by atoms with Crippen molar-refractivity contribution < 1.29 is 19.1 Å². The zero-order valence-electron chi connectivity index (χ0n) is 14.8. The van der Waals surface area contributed by atoms with Gasteiger partial charge in [0, 0.05) is 13.3 Å². The molecule has 0 amide bonds. The van der Waals surface area contributed by atoms with Gasteiger partial charge in [0.2, 0.25) is 0 Å². The van der Waals surface area contributed by atoms with E-state index in [0.717, 1.165) is 25.7 Å². The Morgan fingerprint density at radius 2 is 1.82 bits per heavy atom. The van der Waals surface area contributed by atoms with Crippen LogP contribution < -0.4 is 0 Å². The van der Waals surface area contributed by atoms with E-state index in [1.165, 1.54) is 19.8 Å². The van der Waals surface area contributed by atoms with E-state index in [-0.39, 0.29) is 24.0 Å². The molecule has 0 aromatic rings. The molecular formula is C18H32O4. The summed E-state index contributed by atoms with van der Waals surface area (Å²) in [5, 5.41) is 0. The quantitative estimate of drug-likeness (QED) is 0.521. The Morgan fingerprint density at radius 1 is 1.14 bits per heavy atom. The first kappa shape index (κ1) is 19.0. The van der Waals surface area contributed by atoms with Crippen LogP contribution in [0.1, 0.15) is 79.6 Å². The van der Waals surface area contributed by atoms with E-state index in [4.69, 9.17) is 9.47 Å². The summed E-state index contributed by atoms with van der Waals surface area (Å²) in [5.41, 5.74) is -0.442. The lowest BCUT2D eigenvalue weighted by Crippen LogP contribution is -2.28. The van der Waals surface area contributed by atoms with Gasteiger partial charge in [0.25, 0.3) is 0 Å². The van der Waals surface area contributed by atoms with E-state index in [1.807, 2.05) is 20.8 Å². The Hall–Kier alpha value is -1.06. The number of ether oxygens (including phenoxy) is 2. The fourth-order valence-electron chi connectivity index (χ4n) is 3.37. The molecule has 1 aliphatic rings. The van der Waals surface area contributed by atoms with Crippen LogP contribution in [0.5, 0.6) is 0 Å². The molecule has 1 fully saturated rings. The van der Waals surface area contributed by atoms with E-state index in [9.17, 15) is 9.59 Å². The Morgan fingerprint density at radius 3 is 2.36 bits per heavy atom. The largest absolute Gasteiger partial charge is 0.462 e. The third kappa shape index (κ3) is 6.80. The lowest BCUT2D eigenvalue weighted by molar-refractivity contribution is -0.156. The Balaban J connectivity index is 2.62. The maximum Gasteiger partial charge on any atom is 0.306 e. The van der Waals surface area contributed by atoms with Gasteiger partial charge in [-0.05, 0) is 51.9 Å². The van der Waals surface area contributed by atoms with Crippen LogP contribution in [-0.4, -0.2) is 23.6 Å². The number of unbranched alkanes of at least 4 members (excludes halogenated alkanes) is 2. The van der Waals surface area contributed by atoms with Crippen LogP contribution in [0, 0.1) is 11.8 Å². The third-order valence-electron chi connectivity index (χ3n) is 4.21. The zero-order valence-corrected chi connectivity index (χ0v) is 14.8. The second kappa shape index (κ2) is 8.54. The highest BCUT2D eigenvalue weighted by Gasteiger charge is 2.39. The summed E-state index contributed by atoms with van der Waals surface area (Å²) in [6.45, 7) is 9.31. The number of carbonyl (C=O) groups excluding carboxylic acids is 2. The lowest BCUT2D eigenvalue weighted by Gasteiger charge is -2.26. The smallest absolute Gasteiger partial charge is 0.306 e. The minimum atomic E-state index is -0.442. The molecule has 0 aromatic heterocycles. The van der Waals surface area contributed by atoms with E-state index in [2.05, 4.69) is 6.92 Å². The molecule has 0 heterocycles. The first-order chi connectivity index (χ1) is 10.2. The van der Waals surface area contributed by atoms with Crippen LogP contribution in [0.3, 0.4) is 0 Å². The third-order valence-corrected chi connectivity index (χ3v) is 4.21. The van der Waals surface area contributed by atoms with Crippen molar-refractivity contribution in [2.24, 2.45) is 11.8 Å². The van der Waals surface area contributed by atoms with Crippen molar-refractivity contribution in [2.45, 2.75) is 91.3 Å². The molecule has 4 nitrogen and oxygen atoms in total. The predicted molar refractivity (Wildman–Crippen MR) is 86.4 cm³/mol. The van der Waals surface area contributed by atoms with Crippen LogP contribution in [0.4, 0.5) is 0 Å². The molecule has 0 bridgehead atoms. The van der Waals surface area contributed by atoms with Gasteiger partial charge < -0.3 is 9.47 Å². The topological polar surface area (TPSA) is 52.6 Å². The lowest BCUT2D eigenvalue weighted by atomic mass is 9.87. The molecule has 1 rings (SSSR count). The summed E-state index contributed by atoms with van der Waals surface area (Å²) in [6.07, 6.45) is 6.72. The Kier molecular flexibility index (Phi) is 7.37. The molecule has 4 heteroatoms. The highest BCUT2D eigenvalue weighted by molar-refractivity contribution is 5.70. The van der Waals surface area contributed by atoms with Crippen molar-refractivity contribution >= 4 is 11.9 Å². The van der Waals surface area contributed by atoms with Crippen molar-refractivity contribution in [2.75, 3.05) is 0 Å². The average Bonchev–Trinajstić information content (AvgIpc) is 2.69. The number of esters is 2. The zero-order chi connectivity index (χ0) is 16.8. The van der Waals surface area contributed by atoms with Crippen molar-refractivity contribution in [1.82, 2.24) is 0 Å². The summed E-state index contributed by atoms with van der Waals surface area (Å²) in [6, 6.07) is 0. The van der Waals surface area contributed by atoms with Gasteiger partial charge >= 0.3 is 11.9 Å². The maximum atomic E-state index is 12.1. The number of rotatable bonds is 7. The molecule has 22 heavy (non-hydrogen) atoms. The second-order valence-corrected chi connectivity index (χ2v) is 7.44. The van der Waals surface area contributed by atoms with Gasteiger partial charge in [0.15, 0.2) is 0 Å². The monoisotopic (exact) mass is 312 g/mol. The van der Waals surface area contributed by atoms with E-state index >= 15 is 0 Å². The van der Waals surface area contributed by atoms with Crippen LogP contribution in [0.15, 0.2) is 0 Å². The summed E-state index contributed by atoms with van der Waals surface area (Å²) >= 11 is 0. The molecule has 0 spiro atoms. The normalized spacial score (nSPS) is 25.0. The molecule has 3 atom stereocenters. The van der Waals surface area contributed by atoms with Gasteiger partial charge in [-0.3, -0.25) is 9.59 Å². The van der Waals surface area contributed by atoms with Crippen LogP contribution in [0.25, 0.3) is 0 Å². The molecule has 0 aromatic carbocycles. The molecular weight excluding hydrogens is 280 g/mol. The van der Waals surface area contributed by atoms with Gasteiger partial charge in [0.05, 0.1) is 0 Å². The van der Waals surface area contributed by atoms with Crippen molar-refractivity contribution in [3.63, 3.8) is 0 Å². The maximum absolute atomic E-state index is 12.1. The van der Waals surface area contributed by atoms with E-state index in [0.29, 0.717) is 12.3 Å². The number of hydrogen-bond acceptors (Lipinski definition) is 4. The van der Waals surface area contributed by atoms with Crippen molar-refractivity contribution in [3.05, 3.63) is 0 Å². The standard InChI is InChI=1S/C18H32O4/c1-6-7-8-9-15-14(10-11-16(15)21-13(2)19)12-17(20)22-18(3,4)5/h14-16H,6-12H2,1-5H3. The first-order valence-electron chi connectivity index (χ1n) is 8.62. The van der Waals surface area contributed by atoms with Gasteiger partial charge in [-0.15, -0.1) is 0 Å². The van der Waals surface area contributed by atoms with Gasteiger partial charge in [-0.25, -0.2) is 0 Å². The van der Waals surface area contributed by atoms with E-state index in [1.54, 1.807) is 0 Å². The SMILES string of the molecule is CCCCCC1C(CC(=O)OC(C)(C)C)CCC1OC(C)=O. The summed E-state index contributed by atoms with van der Waals surface area (Å²) < 4.78 is 10.9. The summed E-state index contributed by atoms with van der Waals surface area (Å²) in [4.78, 5) is 23.4. The fourth-order valence-corrected chi connectivity index (χ4v) is 3.37. The van der Waals surface area contributed by atoms with Crippen LogP contribution in [-0.2, 0) is 19.1 Å². The molecule has 0 radical (unpaired) electrons. The highest BCUT2D eigenvalue weighted by Crippen LogP contribution is 2.40. The minimum Gasteiger partial charge on any atom is -0.462 e. The fraction of sp³-hybridized carbons (Fsp3) is 0.889. The van der Waals surface area contributed by atoms with Gasteiger partial charge in [-0.2, -0.15) is 0 Å². The highest BCUT2D eigenvalue weighted by atomic mass is 16.6. The minimum absolute atomic E-state index is 0.0261. The second-order valence-electron chi connectivity index (χ2n) is 7.44. The average molecular weight is 312 g/mol. The molecule has 0 saturated heterocycles. The van der Waals surface area contributed by atoms with Gasteiger partial charge in [-0.1, -0.05) is 26.2 Å².